The Kier molecular flexibility index (Phi) is 4.71. The van der Waals surface area contributed by atoms with E-state index in [-0.39, 0.29) is 0 Å². The third-order valence-electron chi connectivity index (χ3n) is 4.73. The predicted octanol–water partition coefficient (Wildman–Crippen LogP) is 5.05. The normalized spacial score (nSPS) is 16.1. The summed E-state index contributed by atoms with van der Waals surface area (Å²) in [4.78, 5) is 15.6. The molecule has 0 unspecified atom stereocenters. The Bertz CT molecular complexity index is 963. The maximum absolute atomic E-state index is 13.1. The third kappa shape index (κ3) is 3.73. The van der Waals surface area contributed by atoms with Crippen molar-refractivity contribution >= 4 is 28.5 Å². The van der Waals surface area contributed by atoms with Gasteiger partial charge in [0.15, 0.2) is 5.16 Å². The number of aromatic amines is 1. The number of thioether (sulfide) groups is 1. The smallest absolute Gasteiger partial charge is 0.396 e. The van der Waals surface area contributed by atoms with Crippen LogP contribution >= 0.6 is 11.8 Å². The monoisotopic (exact) mass is 393 g/mol. The first-order valence-corrected chi connectivity index (χ1v) is 9.63. The Hall–Kier alpha value is -2.29. The Balaban J connectivity index is 1.73. The number of hydrogen-bond donors (Lipinski definition) is 2. The van der Waals surface area contributed by atoms with Crippen LogP contribution in [0.1, 0.15) is 37.7 Å². The van der Waals surface area contributed by atoms with E-state index in [9.17, 15) is 13.2 Å². The van der Waals surface area contributed by atoms with Crippen LogP contribution in [0, 0.1) is 0 Å². The van der Waals surface area contributed by atoms with Gasteiger partial charge in [0.25, 0.3) is 0 Å². The molecule has 0 aliphatic heterocycles. The lowest BCUT2D eigenvalue weighted by atomic mass is 10.0. The van der Waals surface area contributed by atoms with E-state index in [1.54, 1.807) is 18.0 Å². The number of alkyl halides is 3. The van der Waals surface area contributed by atoms with Crippen LogP contribution in [-0.2, 0) is 6.18 Å². The number of aromatic nitrogens is 4. The van der Waals surface area contributed by atoms with E-state index in [1.807, 2.05) is 0 Å². The number of fused-ring (bicyclic) bond motifs is 1. The molecule has 0 radical (unpaired) electrons. The van der Waals surface area contributed by atoms with Crippen LogP contribution in [0.15, 0.2) is 29.8 Å². The summed E-state index contributed by atoms with van der Waals surface area (Å²) >= 11 is 1.61. The van der Waals surface area contributed by atoms with Crippen molar-refractivity contribution in [2.45, 2.75) is 48.7 Å². The first-order valence-electron chi connectivity index (χ1n) is 8.75. The van der Waals surface area contributed by atoms with Gasteiger partial charge in [-0.3, -0.25) is 0 Å². The molecule has 0 aromatic carbocycles. The zero-order chi connectivity index (χ0) is 19.0. The highest BCUT2D eigenvalue weighted by Crippen LogP contribution is 2.37. The van der Waals surface area contributed by atoms with Gasteiger partial charge in [-0.05, 0) is 18.9 Å². The molecule has 3 heterocycles. The minimum absolute atomic E-state index is 0.321. The van der Waals surface area contributed by atoms with E-state index >= 15 is 0 Å². The lowest BCUT2D eigenvalue weighted by Crippen LogP contribution is -2.09. The quantitative estimate of drug-likeness (QED) is 0.609. The summed E-state index contributed by atoms with van der Waals surface area (Å²) in [6.07, 6.45) is 5.37. The molecule has 0 atom stereocenters. The molecule has 1 saturated carbocycles. The third-order valence-corrected chi connectivity index (χ3v) is 5.95. The van der Waals surface area contributed by atoms with Crippen LogP contribution < -0.4 is 5.73 Å². The minimum Gasteiger partial charge on any atom is -0.396 e. The molecule has 3 N–H and O–H groups in total. The Morgan fingerprint density at radius 3 is 2.63 bits per heavy atom. The molecule has 0 bridgehead atoms. The fourth-order valence-electron chi connectivity index (χ4n) is 3.33. The second-order valence-corrected chi connectivity index (χ2v) is 7.92. The predicted molar refractivity (Wildman–Crippen MR) is 99.3 cm³/mol. The van der Waals surface area contributed by atoms with E-state index < -0.39 is 11.7 Å². The molecule has 0 saturated heterocycles. The standard InChI is InChI=1S/C18H18F3N5S/c19-18(20,21)10-6-12-13(8-24-16(12)23-7-10)15-14(22)9-25-17(26-15)27-11-4-2-1-3-5-11/h6-9,11H,1-5,22H2,(H,23,24). The number of halogens is 3. The summed E-state index contributed by atoms with van der Waals surface area (Å²) in [5, 5.41) is 1.40. The highest BCUT2D eigenvalue weighted by Gasteiger charge is 2.31. The van der Waals surface area contributed by atoms with Crippen molar-refractivity contribution in [1.29, 1.82) is 0 Å². The number of pyridine rings is 1. The number of hydrogen-bond acceptors (Lipinski definition) is 5. The molecule has 5 nitrogen and oxygen atoms in total. The van der Waals surface area contributed by atoms with Crippen molar-refractivity contribution in [1.82, 2.24) is 19.9 Å². The first kappa shape index (κ1) is 18.1. The average Bonchev–Trinajstić information content (AvgIpc) is 3.06. The average molecular weight is 393 g/mol. The number of nitrogens with one attached hydrogen (secondary N) is 1. The number of anilines is 1. The first-order chi connectivity index (χ1) is 12.9. The van der Waals surface area contributed by atoms with E-state index in [0.29, 0.717) is 38.4 Å². The Labute approximate surface area is 158 Å². The lowest BCUT2D eigenvalue weighted by Gasteiger charge is -2.20. The molecule has 27 heavy (non-hydrogen) atoms. The molecule has 3 aromatic rings. The van der Waals surface area contributed by atoms with Gasteiger partial charge in [0.1, 0.15) is 5.65 Å². The Morgan fingerprint density at radius 2 is 1.89 bits per heavy atom. The summed E-state index contributed by atoms with van der Waals surface area (Å²) in [5.41, 5.74) is 6.83. The molecular weight excluding hydrogens is 375 g/mol. The molecule has 1 aliphatic carbocycles. The summed E-state index contributed by atoms with van der Waals surface area (Å²) in [5.74, 6) is 0. The number of H-pyrrole nitrogens is 1. The second kappa shape index (κ2) is 7.03. The van der Waals surface area contributed by atoms with Gasteiger partial charge in [0, 0.05) is 28.6 Å². The van der Waals surface area contributed by atoms with Gasteiger partial charge in [0.05, 0.1) is 23.1 Å². The van der Waals surface area contributed by atoms with Crippen molar-refractivity contribution in [2.24, 2.45) is 0 Å². The molecule has 1 aliphatic rings. The van der Waals surface area contributed by atoms with E-state index in [2.05, 4.69) is 19.9 Å². The van der Waals surface area contributed by atoms with Crippen molar-refractivity contribution < 1.29 is 13.2 Å². The highest BCUT2D eigenvalue weighted by molar-refractivity contribution is 7.99. The maximum atomic E-state index is 13.1. The van der Waals surface area contributed by atoms with Gasteiger partial charge in [-0.2, -0.15) is 13.2 Å². The van der Waals surface area contributed by atoms with Gasteiger partial charge in [-0.15, -0.1) is 0 Å². The van der Waals surface area contributed by atoms with E-state index in [0.717, 1.165) is 25.1 Å². The van der Waals surface area contributed by atoms with Crippen molar-refractivity contribution in [2.75, 3.05) is 5.73 Å². The van der Waals surface area contributed by atoms with Crippen LogP contribution in [-0.4, -0.2) is 25.2 Å². The van der Waals surface area contributed by atoms with Crippen LogP contribution in [0.4, 0.5) is 18.9 Å². The van der Waals surface area contributed by atoms with Gasteiger partial charge < -0.3 is 10.7 Å². The second-order valence-electron chi connectivity index (χ2n) is 6.65. The lowest BCUT2D eigenvalue weighted by molar-refractivity contribution is -0.137. The molecule has 0 amide bonds. The van der Waals surface area contributed by atoms with E-state index in [1.165, 1.54) is 25.5 Å². The topological polar surface area (TPSA) is 80.5 Å². The van der Waals surface area contributed by atoms with E-state index in [4.69, 9.17) is 5.73 Å². The number of nitrogens with two attached hydrogens (primary N) is 1. The number of nitrogens with zero attached hydrogens (tertiary/aromatic N) is 3. The van der Waals surface area contributed by atoms with Crippen molar-refractivity contribution in [3.8, 4) is 11.3 Å². The number of nitrogen functional groups attached to an aromatic ring is 1. The van der Waals surface area contributed by atoms with Crippen LogP contribution in [0.3, 0.4) is 0 Å². The molecule has 3 aromatic heterocycles. The zero-order valence-electron chi connectivity index (χ0n) is 14.4. The summed E-state index contributed by atoms with van der Waals surface area (Å²) in [6.45, 7) is 0. The highest BCUT2D eigenvalue weighted by atomic mass is 32.2. The molecule has 142 valence electrons. The Morgan fingerprint density at radius 1 is 1.11 bits per heavy atom. The van der Waals surface area contributed by atoms with Crippen LogP contribution in [0.5, 0.6) is 0 Å². The minimum atomic E-state index is -4.46. The maximum Gasteiger partial charge on any atom is 0.417 e. The zero-order valence-corrected chi connectivity index (χ0v) is 15.2. The molecule has 0 spiro atoms. The molecular formula is C18H18F3N5S. The van der Waals surface area contributed by atoms with Gasteiger partial charge >= 0.3 is 6.18 Å². The van der Waals surface area contributed by atoms with Crippen LogP contribution in [0.2, 0.25) is 0 Å². The largest absolute Gasteiger partial charge is 0.417 e. The summed E-state index contributed by atoms with van der Waals surface area (Å²) < 4.78 is 39.2. The van der Waals surface area contributed by atoms with Crippen molar-refractivity contribution in [3.05, 3.63) is 30.2 Å². The SMILES string of the molecule is Nc1cnc(SC2CCCCC2)nc1-c1c[nH]c2ncc(C(F)(F)F)cc12. The van der Waals surface area contributed by atoms with Crippen molar-refractivity contribution in [3.63, 3.8) is 0 Å². The number of rotatable bonds is 3. The molecule has 4 rings (SSSR count). The summed E-state index contributed by atoms with van der Waals surface area (Å²) in [7, 11) is 0. The molecule has 1 fully saturated rings. The van der Waals surface area contributed by atoms with Gasteiger partial charge in [-0.1, -0.05) is 31.0 Å². The summed E-state index contributed by atoms with van der Waals surface area (Å²) in [6, 6.07) is 1.07. The molecule has 9 heteroatoms. The fourth-order valence-corrected chi connectivity index (χ4v) is 4.46. The van der Waals surface area contributed by atoms with Gasteiger partial charge in [-0.25, -0.2) is 15.0 Å². The van der Waals surface area contributed by atoms with Gasteiger partial charge in [0.2, 0.25) is 0 Å². The van der Waals surface area contributed by atoms with Crippen LogP contribution in [0.25, 0.3) is 22.3 Å². The fraction of sp³-hybridized carbons (Fsp3) is 0.389.